The summed E-state index contributed by atoms with van der Waals surface area (Å²) in [6.45, 7) is 6.87. The molecule has 4 heterocycles. The van der Waals surface area contributed by atoms with Crippen LogP contribution in [0.2, 0.25) is 0 Å². The van der Waals surface area contributed by atoms with E-state index in [-0.39, 0.29) is 18.0 Å². The Labute approximate surface area is 208 Å². The summed E-state index contributed by atoms with van der Waals surface area (Å²) in [5.74, 6) is 0.0716. The van der Waals surface area contributed by atoms with Gasteiger partial charge in [-0.1, -0.05) is 6.07 Å². The number of piperidine rings is 1. The van der Waals surface area contributed by atoms with Crippen LogP contribution in [-0.4, -0.2) is 49.4 Å². The zero-order valence-electron chi connectivity index (χ0n) is 20.6. The first-order valence-electron chi connectivity index (χ1n) is 12.0. The van der Waals surface area contributed by atoms with Crippen LogP contribution in [-0.2, 0) is 4.74 Å². The molecule has 1 aliphatic rings. The number of ether oxygens (including phenoxy) is 1. The van der Waals surface area contributed by atoms with Crippen molar-refractivity contribution >= 4 is 22.7 Å². The molecule has 1 saturated heterocycles. The molecule has 1 aromatic carbocycles. The molecule has 2 N–H and O–H groups in total. The fourth-order valence-electron chi connectivity index (χ4n) is 4.42. The maximum absolute atomic E-state index is 13.5. The molecule has 5 rings (SSSR count). The van der Waals surface area contributed by atoms with Gasteiger partial charge in [-0.25, -0.2) is 14.2 Å². The van der Waals surface area contributed by atoms with E-state index in [2.05, 4.69) is 15.1 Å². The predicted octanol–water partition coefficient (Wildman–Crippen LogP) is 5.45. The van der Waals surface area contributed by atoms with Gasteiger partial charge in [0, 0.05) is 53.8 Å². The molecule has 186 valence electrons. The molecule has 0 aliphatic carbocycles. The fourth-order valence-corrected chi connectivity index (χ4v) is 4.42. The van der Waals surface area contributed by atoms with Crippen LogP contribution in [0.15, 0.2) is 55.1 Å². The average molecular weight is 489 g/mol. The molecule has 4 aromatic rings. The minimum Gasteiger partial charge on any atom is -0.444 e. The lowest BCUT2D eigenvalue weighted by molar-refractivity contribution is 0.0185. The monoisotopic (exact) mass is 488 g/mol. The molecule has 1 fully saturated rings. The first-order chi connectivity index (χ1) is 17.2. The number of nitrogens with two attached hydrogens (primary N) is 1. The molecule has 0 atom stereocenters. The number of rotatable bonds is 3. The van der Waals surface area contributed by atoms with Crippen molar-refractivity contribution in [2.75, 3.05) is 18.8 Å². The van der Waals surface area contributed by atoms with Crippen LogP contribution in [0, 0.1) is 5.82 Å². The van der Waals surface area contributed by atoms with Gasteiger partial charge in [0.25, 0.3) is 0 Å². The number of anilines is 1. The maximum atomic E-state index is 13.5. The number of carbonyl (C=O) groups excluding carboxylic acids is 1. The fraction of sp³-hybridized carbons (Fsp3) is 0.333. The van der Waals surface area contributed by atoms with Crippen LogP contribution >= 0.6 is 0 Å². The van der Waals surface area contributed by atoms with Gasteiger partial charge in [-0.15, -0.1) is 0 Å². The second-order valence-corrected chi connectivity index (χ2v) is 10.1. The maximum Gasteiger partial charge on any atom is 0.410 e. The minimum absolute atomic E-state index is 0.196. The Balaban J connectivity index is 1.33. The summed E-state index contributed by atoms with van der Waals surface area (Å²) >= 11 is 0. The van der Waals surface area contributed by atoms with Gasteiger partial charge in [0.1, 0.15) is 17.2 Å². The third-order valence-corrected chi connectivity index (χ3v) is 6.30. The second-order valence-electron chi connectivity index (χ2n) is 10.1. The summed E-state index contributed by atoms with van der Waals surface area (Å²) in [5.41, 5.74) is 8.85. The van der Waals surface area contributed by atoms with Crippen molar-refractivity contribution in [1.82, 2.24) is 24.6 Å². The van der Waals surface area contributed by atoms with Crippen molar-refractivity contribution in [1.29, 1.82) is 0 Å². The lowest BCUT2D eigenvalue weighted by atomic mass is 10.0. The third-order valence-electron chi connectivity index (χ3n) is 6.30. The van der Waals surface area contributed by atoms with Crippen LogP contribution in [0.1, 0.15) is 39.7 Å². The molecule has 9 heteroatoms. The summed E-state index contributed by atoms with van der Waals surface area (Å²) in [4.78, 5) is 23.0. The number of halogens is 1. The lowest BCUT2D eigenvalue weighted by Gasteiger charge is -2.33. The smallest absolute Gasteiger partial charge is 0.410 e. The standard InChI is InChI=1S/C27H29FN6O2/c1-27(2,3)36-26(35)33-8-6-22(7-9-33)34-16-20(15-32-34)19-11-23(25(29)31-14-19)24-12-17-4-5-21(28)10-18(17)13-30-24/h4-5,10-16,22H,6-9H2,1-3H3,(H2,29,31). The molecule has 1 aliphatic heterocycles. The number of hydrogen-bond donors (Lipinski definition) is 1. The van der Waals surface area contributed by atoms with Gasteiger partial charge in [-0.2, -0.15) is 5.10 Å². The van der Waals surface area contributed by atoms with E-state index in [1.165, 1.54) is 12.1 Å². The minimum atomic E-state index is -0.503. The number of benzene rings is 1. The molecule has 1 amide bonds. The number of pyridine rings is 2. The molecule has 36 heavy (non-hydrogen) atoms. The quantitative estimate of drug-likeness (QED) is 0.411. The molecule has 0 unspecified atom stereocenters. The SMILES string of the molecule is CC(C)(C)OC(=O)N1CCC(n2cc(-c3cnc(N)c(-c4cc5ccc(F)cc5cn4)c3)cn2)CC1. The number of nitrogen functional groups attached to an aromatic ring is 1. The van der Waals surface area contributed by atoms with Crippen molar-refractivity contribution in [2.45, 2.75) is 45.3 Å². The van der Waals surface area contributed by atoms with Crippen LogP contribution in [0.25, 0.3) is 33.2 Å². The normalized spacial score (nSPS) is 14.8. The van der Waals surface area contributed by atoms with E-state index in [9.17, 15) is 9.18 Å². The summed E-state index contributed by atoms with van der Waals surface area (Å²) in [6, 6.07) is 8.63. The van der Waals surface area contributed by atoms with Gasteiger partial charge in [-0.3, -0.25) is 9.67 Å². The van der Waals surface area contributed by atoms with E-state index >= 15 is 0 Å². The second kappa shape index (κ2) is 9.22. The molecule has 0 saturated carbocycles. The summed E-state index contributed by atoms with van der Waals surface area (Å²) < 4.78 is 21.0. The molecule has 0 bridgehead atoms. The molecule has 0 radical (unpaired) electrons. The number of nitrogens with zero attached hydrogens (tertiary/aromatic N) is 5. The van der Waals surface area contributed by atoms with Crippen molar-refractivity contribution in [3.63, 3.8) is 0 Å². The highest BCUT2D eigenvalue weighted by atomic mass is 19.1. The Morgan fingerprint density at radius 2 is 1.81 bits per heavy atom. The zero-order valence-corrected chi connectivity index (χ0v) is 20.6. The average Bonchev–Trinajstić information content (AvgIpc) is 3.33. The predicted molar refractivity (Wildman–Crippen MR) is 137 cm³/mol. The van der Waals surface area contributed by atoms with Crippen molar-refractivity contribution in [2.24, 2.45) is 0 Å². The Hall–Kier alpha value is -4.01. The number of fused-ring (bicyclic) bond motifs is 1. The van der Waals surface area contributed by atoms with E-state index in [4.69, 9.17) is 10.5 Å². The number of amides is 1. The van der Waals surface area contributed by atoms with Crippen LogP contribution in [0.5, 0.6) is 0 Å². The Kier molecular flexibility index (Phi) is 6.07. The first-order valence-corrected chi connectivity index (χ1v) is 12.0. The van der Waals surface area contributed by atoms with Crippen LogP contribution in [0.3, 0.4) is 0 Å². The largest absolute Gasteiger partial charge is 0.444 e. The first kappa shape index (κ1) is 23.7. The van der Waals surface area contributed by atoms with Crippen molar-refractivity contribution < 1.29 is 13.9 Å². The van der Waals surface area contributed by atoms with Crippen LogP contribution in [0.4, 0.5) is 15.0 Å². The molecule has 8 nitrogen and oxygen atoms in total. The van der Waals surface area contributed by atoms with E-state index in [1.807, 2.05) is 50.0 Å². The summed E-state index contributed by atoms with van der Waals surface area (Å²) in [6.07, 6.45) is 8.51. The van der Waals surface area contributed by atoms with E-state index in [0.29, 0.717) is 30.2 Å². The molecule has 0 spiro atoms. The highest BCUT2D eigenvalue weighted by Gasteiger charge is 2.28. The summed E-state index contributed by atoms with van der Waals surface area (Å²) in [7, 11) is 0. The van der Waals surface area contributed by atoms with Gasteiger partial charge in [-0.05, 0) is 63.3 Å². The van der Waals surface area contributed by atoms with Gasteiger partial charge in [0.15, 0.2) is 0 Å². The summed E-state index contributed by atoms with van der Waals surface area (Å²) in [5, 5.41) is 6.19. The van der Waals surface area contributed by atoms with Gasteiger partial charge in [0.2, 0.25) is 0 Å². The third kappa shape index (κ3) is 5.00. The molecule has 3 aromatic heterocycles. The topological polar surface area (TPSA) is 99.2 Å². The molecular formula is C27H29FN6O2. The van der Waals surface area contributed by atoms with Gasteiger partial charge in [0.05, 0.1) is 17.9 Å². The number of carbonyl (C=O) groups is 1. The highest BCUT2D eigenvalue weighted by Crippen LogP contribution is 2.31. The number of aromatic nitrogens is 4. The highest BCUT2D eigenvalue weighted by molar-refractivity contribution is 5.87. The Morgan fingerprint density at radius 3 is 2.56 bits per heavy atom. The Morgan fingerprint density at radius 1 is 1.03 bits per heavy atom. The zero-order chi connectivity index (χ0) is 25.4. The lowest BCUT2D eigenvalue weighted by Crippen LogP contribution is -2.42. The Bertz CT molecular complexity index is 1420. The van der Waals surface area contributed by atoms with Crippen LogP contribution < -0.4 is 5.73 Å². The van der Waals surface area contributed by atoms with E-state index in [1.54, 1.807) is 23.4 Å². The van der Waals surface area contributed by atoms with Gasteiger partial charge >= 0.3 is 6.09 Å². The van der Waals surface area contributed by atoms with Gasteiger partial charge < -0.3 is 15.4 Å². The van der Waals surface area contributed by atoms with E-state index in [0.717, 1.165) is 34.7 Å². The number of likely N-dealkylation sites (tertiary alicyclic amines) is 1. The number of hydrogen-bond acceptors (Lipinski definition) is 6. The molecular weight excluding hydrogens is 459 g/mol. The van der Waals surface area contributed by atoms with Crippen molar-refractivity contribution in [3.05, 3.63) is 60.9 Å². The van der Waals surface area contributed by atoms with E-state index < -0.39 is 5.60 Å². The van der Waals surface area contributed by atoms with Crippen molar-refractivity contribution in [3.8, 4) is 22.4 Å².